The fourth-order valence-electron chi connectivity index (χ4n) is 7.13. The summed E-state index contributed by atoms with van der Waals surface area (Å²) in [5, 5.41) is 6.95. The molecule has 45 heavy (non-hydrogen) atoms. The number of benzene rings is 7. The maximum Gasteiger partial charge on any atom is 0.135 e. The van der Waals surface area contributed by atoms with Crippen LogP contribution in [0.3, 0.4) is 0 Å². The summed E-state index contributed by atoms with van der Waals surface area (Å²) >= 11 is 0. The Hall–Kier alpha value is -6.06. The van der Waals surface area contributed by atoms with Crippen molar-refractivity contribution in [2.45, 2.75) is 0 Å². The second-order valence-electron chi connectivity index (χ2n) is 11.7. The predicted molar refractivity (Wildman–Crippen MR) is 186 cm³/mol. The van der Waals surface area contributed by atoms with Crippen LogP contribution in [0.4, 0.5) is 0 Å². The van der Waals surface area contributed by atoms with Gasteiger partial charge in [-0.3, -0.25) is 0 Å². The van der Waals surface area contributed by atoms with Gasteiger partial charge in [-0.05, 0) is 83.4 Å². The Morgan fingerprint density at radius 3 is 1.60 bits per heavy atom. The van der Waals surface area contributed by atoms with E-state index in [1.165, 1.54) is 27.4 Å². The third kappa shape index (κ3) is 3.58. The number of nitrogens with zero attached hydrogens (tertiary/aromatic N) is 1. The molecule has 0 saturated heterocycles. The van der Waals surface area contributed by atoms with E-state index in [1.807, 2.05) is 24.3 Å². The van der Waals surface area contributed by atoms with Crippen LogP contribution in [-0.4, -0.2) is 4.57 Å². The van der Waals surface area contributed by atoms with Gasteiger partial charge in [0.1, 0.15) is 22.3 Å². The standard InChI is InChI=1S/C42H25NO2/c1-2-10-29(11-3-1)43-37-15-7-4-12-30(37)36-25-28(26-18-20-40-34(22-26)31-13-5-8-16-38(31)44-40)24-33(42(36)43)27-19-21-41-35(23-27)32-14-6-9-17-39(32)45-41/h1-25H. The van der Waals surface area contributed by atoms with Crippen molar-refractivity contribution in [3.63, 3.8) is 0 Å². The number of rotatable bonds is 3. The Morgan fingerprint density at radius 2 is 0.889 bits per heavy atom. The second-order valence-corrected chi connectivity index (χ2v) is 11.7. The monoisotopic (exact) mass is 575 g/mol. The van der Waals surface area contributed by atoms with Crippen molar-refractivity contribution in [3.05, 3.63) is 152 Å². The van der Waals surface area contributed by atoms with Crippen LogP contribution in [0.15, 0.2) is 160 Å². The highest BCUT2D eigenvalue weighted by Gasteiger charge is 2.20. The van der Waals surface area contributed by atoms with E-state index in [4.69, 9.17) is 8.83 Å². The van der Waals surface area contributed by atoms with Crippen molar-refractivity contribution in [2.24, 2.45) is 0 Å². The maximum atomic E-state index is 6.22. The minimum Gasteiger partial charge on any atom is -0.456 e. The number of aromatic nitrogens is 1. The zero-order valence-corrected chi connectivity index (χ0v) is 24.2. The zero-order valence-electron chi connectivity index (χ0n) is 24.2. The van der Waals surface area contributed by atoms with Crippen LogP contribution in [0.5, 0.6) is 0 Å². The fourth-order valence-corrected chi connectivity index (χ4v) is 7.13. The van der Waals surface area contributed by atoms with E-state index >= 15 is 0 Å². The molecule has 210 valence electrons. The Balaban J connectivity index is 1.33. The van der Waals surface area contributed by atoms with E-state index in [2.05, 4.69) is 132 Å². The van der Waals surface area contributed by atoms with Gasteiger partial charge in [0.25, 0.3) is 0 Å². The molecule has 3 aromatic heterocycles. The summed E-state index contributed by atoms with van der Waals surface area (Å²) in [6.45, 7) is 0. The molecule has 3 nitrogen and oxygen atoms in total. The van der Waals surface area contributed by atoms with E-state index in [-0.39, 0.29) is 0 Å². The van der Waals surface area contributed by atoms with Gasteiger partial charge >= 0.3 is 0 Å². The summed E-state index contributed by atoms with van der Waals surface area (Å²) in [7, 11) is 0. The lowest BCUT2D eigenvalue weighted by Gasteiger charge is -2.14. The molecule has 0 fully saturated rings. The minimum absolute atomic E-state index is 0.897. The van der Waals surface area contributed by atoms with Crippen LogP contribution in [0.2, 0.25) is 0 Å². The minimum atomic E-state index is 0.897. The molecule has 3 heteroatoms. The summed E-state index contributed by atoms with van der Waals surface area (Å²) in [6.07, 6.45) is 0. The molecular weight excluding hydrogens is 550 g/mol. The highest BCUT2D eigenvalue weighted by atomic mass is 16.3. The Kier molecular flexibility index (Phi) is 5.00. The topological polar surface area (TPSA) is 31.2 Å². The van der Waals surface area contributed by atoms with Crippen molar-refractivity contribution < 1.29 is 8.83 Å². The molecule has 0 aliphatic carbocycles. The number of furan rings is 2. The van der Waals surface area contributed by atoms with Crippen molar-refractivity contribution in [1.29, 1.82) is 0 Å². The number of para-hydroxylation sites is 4. The first kappa shape index (κ1) is 24.4. The molecule has 10 aromatic rings. The van der Waals surface area contributed by atoms with Crippen molar-refractivity contribution in [3.8, 4) is 27.9 Å². The van der Waals surface area contributed by atoms with E-state index < -0.39 is 0 Å². The van der Waals surface area contributed by atoms with E-state index in [0.29, 0.717) is 0 Å². The molecule has 0 aliphatic rings. The molecule has 0 spiro atoms. The van der Waals surface area contributed by atoms with Gasteiger partial charge in [0.2, 0.25) is 0 Å². The predicted octanol–water partition coefficient (Wildman–Crippen LogP) is 11.9. The summed E-state index contributed by atoms with van der Waals surface area (Å²) < 4.78 is 14.8. The van der Waals surface area contributed by atoms with Crippen molar-refractivity contribution in [2.75, 3.05) is 0 Å². The third-order valence-corrected chi connectivity index (χ3v) is 9.18. The van der Waals surface area contributed by atoms with Crippen LogP contribution in [0.25, 0.3) is 93.6 Å². The summed E-state index contributed by atoms with van der Waals surface area (Å²) in [5.74, 6) is 0. The molecule has 3 heterocycles. The Labute approximate surface area is 258 Å². The molecule has 0 N–H and O–H groups in total. The Bertz CT molecular complexity index is 2760. The van der Waals surface area contributed by atoms with Crippen LogP contribution in [0, 0.1) is 0 Å². The average molecular weight is 576 g/mol. The van der Waals surface area contributed by atoms with Gasteiger partial charge in [-0.2, -0.15) is 0 Å². The number of fused-ring (bicyclic) bond motifs is 9. The normalized spacial score (nSPS) is 12.0. The lowest BCUT2D eigenvalue weighted by Crippen LogP contribution is -1.95. The fraction of sp³-hybridized carbons (Fsp3) is 0. The number of hydrogen-bond acceptors (Lipinski definition) is 2. The summed E-state index contributed by atoms with van der Waals surface area (Å²) in [5.41, 5.74) is 11.8. The first-order valence-electron chi connectivity index (χ1n) is 15.3. The molecule has 0 radical (unpaired) electrons. The van der Waals surface area contributed by atoms with Gasteiger partial charge in [-0.15, -0.1) is 0 Å². The van der Waals surface area contributed by atoms with E-state index in [1.54, 1.807) is 0 Å². The molecule has 0 atom stereocenters. The van der Waals surface area contributed by atoms with Gasteiger partial charge in [-0.25, -0.2) is 0 Å². The highest BCUT2D eigenvalue weighted by molar-refractivity contribution is 6.16. The molecule has 0 saturated carbocycles. The van der Waals surface area contributed by atoms with Crippen molar-refractivity contribution >= 4 is 65.7 Å². The lowest BCUT2D eigenvalue weighted by molar-refractivity contribution is 0.668. The molecule has 10 rings (SSSR count). The SMILES string of the molecule is c1ccc(-n2c3ccccc3c3cc(-c4ccc5oc6ccccc6c5c4)cc(-c4ccc5oc6ccccc6c5c4)c32)cc1. The molecule has 7 aromatic carbocycles. The number of hydrogen-bond donors (Lipinski definition) is 0. The molecule has 0 amide bonds. The summed E-state index contributed by atoms with van der Waals surface area (Å²) in [4.78, 5) is 0. The van der Waals surface area contributed by atoms with Crippen LogP contribution in [0.1, 0.15) is 0 Å². The van der Waals surface area contributed by atoms with Gasteiger partial charge in [-0.1, -0.05) is 84.9 Å². The second kappa shape index (κ2) is 9.22. The average Bonchev–Trinajstić information content (AvgIpc) is 3.77. The van der Waals surface area contributed by atoms with Gasteiger partial charge in [0.15, 0.2) is 0 Å². The first-order chi connectivity index (χ1) is 22.3. The van der Waals surface area contributed by atoms with Gasteiger partial charge in [0.05, 0.1) is 11.0 Å². The molecule has 0 aliphatic heterocycles. The van der Waals surface area contributed by atoms with E-state index in [0.717, 1.165) is 66.3 Å². The third-order valence-electron chi connectivity index (χ3n) is 9.18. The zero-order chi connectivity index (χ0) is 29.5. The molecule has 0 unspecified atom stereocenters. The lowest BCUT2D eigenvalue weighted by atomic mass is 9.94. The summed E-state index contributed by atoms with van der Waals surface area (Å²) in [6, 6.07) is 53.8. The van der Waals surface area contributed by atoms with Crippen LogP contribution >= 0.6 is 0 Å². The molecular formula is C42H25NO2. The Morgan fingerprint density at radius 1 is 0.356 bits per heavy atom. The van der Waals surface area contributed by atoms with Gasteiger partial charge in [0, 0.05) is 43.6 Å². The smallest absolute Gasteiger partial charge is 0.135 e. The first-order valence-corrected chi connectivity index (χ1v) is 15.3. The van der Waals surface area contributed by atoms with Crippen LogP contribution < -0.4 is 0 Å². The van der Waals surface area contributed by atoms with E-state index in [9.17, 15) is 0 Å². The van der Waals surface area contributed by atoms with Crippen LogP contribution in [-0.2, 0) is 0 Å². The largest absolute Gasteiger partial charge is 0.456 e. The molecule has 0 bridgehead atoms. The quantitative estimate of drug-likeness (QED) is 0.210. The van der Waals surface area contributed by atoms with Crippen molar-refractivity contribution in [1.82, 2.24) is 4.57 Å². The maximum absolute atomic E-state index is 6.22. The van der Waals surface area contributed by atoms with Gasteiger partial charge < -0.3 is 13.4 Å². The highest BCUT2D eigenvalue weighted by Crippen LogP contribution is 2.43.